The summed E-state index contributed by atoms with van der Waals surface area (Å²) in [6.07, 6.45) is 3.34. The van der Waals surface area contributed by atoms with Crippen LogP contribution in [-0.4, -0.2) is 34.9 Å². The van der Waals surface area contributed by atoms with Gasteiger partial charge in [0.2, 0.25) is 0 Å². The number of hydrogen-bond donors (Lipinski definition) is 1. The van der Waals surface area contributed by atoms with Gasteiger partial charge in [0, 0.05) is 36.7 Å². The van der Waals surface area contributed by atoms with E-state index in [1.807, 2.05) is 6.07 Å². The molecule has 3 fully saturated rings. The van der Waals surface area contributed by atoms with Gasteiger partial charge in [-0.25, -0.2) is 0 Å². The maximum atomic E-state index is 12.8. The van der Waals surface area contributed by atoms with Crippen LogP contribution in [0.1, 0.15) is 64.2 Å². The van der Waals surface area contributed by atoms with Gasteiger partial charge in [0.05, 0.1) is 17.8 Å². The Bertz CT molecular complexity index is 855. The summed E-state index contributed by atoms with van der Waals surface area (Å²) in [4.78, 5) is 24.7. The van der Waals surface area contributed by atoms with Crippen LogP contribution < -0.4 is 0 Å². The third-order valence-electron chi connectivity index (χ3n) is 8.61. The van der Waals surface area contributed by atoms with Crippen LogP contribution >= 0.6 is 0 Å². The smallest absolute Gasteiger partial charge is 0.314 e. The number of esters is 2. The highest BCUT2D eigenvalue weighted by molar-refractivity contribution is 5.82. The zero-order valence-corrected chi connectivity index (χ0v) is 16.9. The molecule has 1 aromatic heterocycles. The lowest BCUT2D eigenvalue weighted by Crippen LogP contribution is -2.73. The molecular formula is C22H28O6. The molecule has 6 heteroatoms. The van der Waals surface area contributed by atoms with E-state index < -0.39 is 22.5 Å². The number of rotatable bonds is 1. The van der Waals surface area contributed by atoms with Gasteiger partial charge in [0.15, 0.2) is 0 Å². The molecule has 1 saturated heterocycles. The second-order valence-electron chi connectivity index (χ2n) is 10.0. The highest BCUT2D eigenvalue weighted by Gasteiger charge is 2.74. The molecule has 0 radical (unpaired) electrons. The first kappa shape index (κ1) is 18.2. The van der Waals surface area contributed by atoms with Crippen molar-refractivity contribution in [3.8, 4) is 0 Å². The van der Waals surface area contributed by atoms with Crippen molar-refractivity contribution in [2.24, 2.45) is 22.7 Å². The molecule has 0 bridgehead atoms. The zero-order valence-electron chi connectivity index (χ0n) is 16.9. The highest BCUT2D eigenvalue weighted by Crippen LogP contribution is 2.69. The van der Waals surface area contributed by atoms with Crippen molar-refractivity contribution in [2.75, 3.05) is 0 Å². The summed E-state index contributed by atoms with van der Waals surface area (Å²) in [6, 6.07) is 1.87. The molecule has 1 N–H and O–H groups in total. The number of carbonyl (C=O) groups excluding carboxylic acids is 2. The average molecular weight is 388 g/mol. The van der Waals surface area contributed by atoms with Crippen LogP contribution in [-0.2, 0) is 25.5 Å². The Morgan fingerprint density at radius 2 is 2.07 bits per heavy atom. The van der Waals surface area contributed by atoms with E-state index in [2.05, 4.69) is 20.8 Å². The van der Waals surface area contributed by atoms with Crippen molar-refractivity contribution in [3.05, 3.63) is 23.7 Å². The Balaban J connectivity index is 1.70. The van der Waals surface area contributed by atoms with Gasteiger partial charge in [-0.2, -0.15) is 0 Å². The Morgan fingerprint density at radius 1 is 1.32 bits per heavy atom. The number of hydrogen-bond acceptors (Lipinski definition) is 6. The molecule has 1 aliphatic heterocycles. The monoisotopic (exact) mass is 388 g/mol. The third-order valence-corrected chi connectivity index (χ3v) is 8.61. The van der Waals surface area contributed by atoms with Crippen molar-refractivity contribution < 1.29 is 28.6 Å². The fourth-order valence-corrected chi connectivity index (χ4v) is 7.13. The molecular weight excluding hydrogens is 360 g/mol. The van der Waals surface area contributed by atoms with E-state index in [1.165, 1.54) is 6.92 Å². The van der Waals surface area contributed by atoms with Crippen molar-refractivity contribution in [1.29, 1.82) is 0 Å². The van der Waals surface area contributed by atoms with Crippen LogP contribution in [0.25, 0.3) is 0 Å². The summed E-state index contributed by atoms with van der Waals surface area (Å²) in [6.45, 7) is 7.62. The minimum atomic E-state index is -1.12. The van der Waals surface area contributed by atoms with Gasteiger partial charge in [-0.3, -0.25) is 9.59 Å². The molecule has 1 aromatic rings. The molecule has 6 nitrogen and oxygen atoms in total. The van der Waals surface area contributed by atoms with E-state index >= 15 is 0 Å². The van der Waals surface area contributed by atoms with E-state index in [0.717, 1.165) is 17.7 Å². The van der Waals surface area contributed by atoms with E-state index in [4.69, 9.17) is 13.9 Å². The molecule has 2 heterocycles. The van der Waals surface area contributed by atoms with Gasteiger partial charge in [-0.05, 0) is 30.2 Å². The predicted octanol–water partition coefficient (Wildman–Crippen LogP) is 2.97. The Kier molecular flexibility index (Phi) is 3.52. The quantitative estimate of drug-likeness (QED) is 0.745. The van der Waals surface area contributed by atoms with Crippen LogP contribution in [0.3, 0.4) is 0 Å². The molecule has 0 aromatic carbocycles. The number of ether oxygens (including phenoxy) is 2. The second kappa shape index (κ2) is 5.41. The minimum Gasteiger partial charge on any atom is -0.469 e. The van der Waals surface area contributed by atoms with E-state index in [-0.39, 0.29) is 35.8 Å². The lowest BCUT2D eigenvalue weighted by atomic mass is 9.40. The van der Waals surface area contributed by atoms with Crippen LogP contribution in [0.2, 0.25) is 0 Å². The summed E-state index contributed by atoms with van der Waals surface area (Å²) in [5, 5.41) is 12.2. The third kappa shape index (κ3) is 1.97. The van der Waals surface area contributed by atoms with Crippen molar-refractivity contribution in [2.45, 2.75) is 77.1 Å². The summed E-state index contributed by atoms with van der Waals surface area (Å²) in [7, 11) is 0. The number of aliphatic hydroxyl groups is 1. The SMILES string of the molecule is CC(=O)O[C@@H]1CCC(C)(C)[C@@]2(O)C[C@H]3OC(=O)[C@H]4c5ccoc5C[C@H]([C@H]34)[C@]12C. The molecule has 0 amide bonds. The van der Waals surface area contributed by atoms with E-state index in [0.29, 0.717) is 19.3 Å². The molecule has 3 aliphatic carbocycles. The lowest BCUT2D eigenvalue weighted by Gasteiger charge is -2.67. The molecule has 7 atom stereocenters. The van der Waals surface area contributed by atoms with Crippen molar-refractivity contribution in [1.82, 2.24) is 0 Å². The molecule has 0 spiro atoms. The standard InChI is InChI=1S/C22H28O6/c1-11(23)27-16-5-7-20(2,3)22(25)10-15-18-13(21(16,22)4)9-14-12(6-8-26-14)17(18)19(24)28-15/h6,8,13,15-18,25H,5,7,9-10H2,1-4H3/t13-,15-,16-,17+,18-,21-,22+/m1/s1. The lowest BCUT2D eigenvalue weighted by molar-refractivity contribution is -0.289. The topological polar surface area (TPSA) is 86.0 Å². The first-order valence-electron chi connectivity index (χ1n) is 10.3. The molecule has 28 heavy (non-hydrogen) atoms. The fourth-order valence-electron chi connectivity index (χ4n) is 7.13. The summed E-state index contributed by atoms with van der Waals surface area (Å²) in [5.41, 5.74) is -1.29. The Hall–Kier alpha value is -1.82. The van der Waals surface area contributed by atoms with Crippen molar-refractivity contribution >= 4 is 11.9 Å². The second-order valence-corrected chi connectivity index (χ2v) is 10.0. The van der Waals surface area contributed by atoms with Gasteiger partial charge < -0.3 is 19.0 Å². The maximum absolute atomic E-state index is 12.8. The first-order valence-corrected chi connectivity index (χ1v) is 10.3. The van der Waals surface area contributed by atoms with Crippen LogP contribution in [0, 0.1) is 22.7 Å². The summed E-state index contributed by atoms with van der Waals surface area (Å²) < 4.78 is 17.4. The molecule has 0 unspecified atom stereocenters. The van der Waals surface area contributed by atoms with E-state index in [1.54, 1.807) is 6.26 Å². The Labute approximate surface area is 164 Å². The van der Waals surface area contributed by atoms with E-state index in [9.17, 15) is 14.7 Å². The largest absolute Gasteiger partial charge is 0.469 e. The first-order chi connectivity index (χ1) is 13.1. The van der Waals surface area contributed by atoms with Gasteiger partial charge in [-0.1, -0.05) is 20.8 Å². The minimum absolute atomic E-state index is 0.0326. The van der Waals surface area contributed by atoms with Crippen LogP contribution in [0.5, 0.6) is 0 Å². The highest BCUT2D eigenvalue weighted by atomic mass is 16.6. The molecule has 152 valence electrons. The number of fused-ring (bicyclic) bond motifs is 4. The van der Waals surface area contributed by atoms with Crippen LogP contribution in [0.4, 0.5) is 0 Å². The molecule has 4 aliphatic rings. The zero-order chi connectivity index (χ0) is 20.1. The normalized spacial score (nSPS) is 45.5. The Morgan fingerprint density at radius 3 is 2.79 bits per heavy atom. The van der Waals surface area contributed by atoms with Crippen molar-refractivity contribution in [3.63, 3.8) is 0 Å². The van der Waals surface area contributed by atoms with Gasteiger partial charge in [0.1, 0.15) is 18.0 Å². The van der Waals surface area contributed by atoms with Gasteiger partial charge >= 0.3 is 11.9 Å². The number of carbonyl (C=O) groups is 2. The predicted molar refractivity (Wildman–Crippen MR) is 98.3 cm³/mol. The summed E-state index contributed by atoms with van der Waals surface area (Å²) in [5.74, 6) is -0.235. The number of furan rings is 1. The average Bonchev–Trinajstić information content (AvgIpc) is 3.19. The summed E-state index contributed by atoms with van der Waals surface area (Å²) >= 11 is 0. The van der Waals surface area contributed by atoms with Gasteiger partial charge in [-0.15, -0.1) is 0 Å². The van der Waals surface area contributed by atoms with Gasteiger partial charge in [0.25, 0.3) is 0 Å². The maximum Gasteiger partial charge on any atom is 0.314 e. The fraction of sp³-hybridized carbons (Fsp3) is 0.727. The van der Waals surface area contributed by atoms with Crippen LogP contribution in [0.15, 0.2) is 16.7 Å². The molecule has 2 saturated carbocycles. The molecule has 5 rings (SSSR count).